The number of anilines is 1. The number of pyridine rings is 1. The van der Waals surface area contributed by atoms with Crippen molar-refractivity contribution in [1.29, 1.82) is 0 Å². The Bertz CT molecular complexity index is 1780. The van der Waals surface area contributed by atoms with Crippen LogP contribution in [0, 0.1) is 11.8 Å². The first-order valence-electron chi connectivity index (χ1n) is 14.4. The zero-order chi connectivity index (χ0) is 29.5. The van der Waals surface area contributed by atoms with Crippen LogP contribution < -0.4 is 5.73 Å². The highest BCUT2D eigenvalue weighted by molar-refractivity contribution is 5.98. The maximum absolute atomic E-state index is 12.7. The van der Waals surface area contributed by atoms with Crippen molar-refractivity contribution in [3.63, 3.8) is 0 Å². The number of likely N-dealkylation sites (tertiary alicyclic amines) is 1. The van der Waals surface area contributed by atoms with Crippen molar-refractivity contribution in [2.24, 2.45) is 11.8 Å². The number of hydrogen-bond donors (Lipinski definition) is 1. The van der Waals surface area contributed by atoms with Crippen molar-refractivity contribution in [2.75, 3.05) is 39.5 Å². The number of amides is 1. The zero-order valence-corrected chi connectivity index (χ0v) is 24.0. The summed E-state index contributed by atoms with van der Waals surface area (Å²) in [5.41, 5.74) is 10.1. The molecule has 4 aromatic heterocycles. The molecular formula is C31H32N10O2. The minimum absolute atomic E-state index is 0.0945. The van der Waals surface area contributed by atoms with Crippen molar-refractivity contribution in [3.8, 4) is 34.3 Å². The topological polar surface area (TPSA) is 145 Å². The number of benzene rings is 1. The number of aromatic nitrogens is 7. The molecule has 0 spiro atoms. The summed E-state index contributed by atoms with van der Waals surface area (Å²) in [6.07, 6.45) is 8.68. The summed E-state index contributed by atoms with van der Waals surface area (Å²) in [5, 5.41) is 14.2. The van der Waals surface area contributed by atoms with Crippen LogP contribution >= 0.6 is 0 Å². The van der Waals surface area contributed by atoms with Gasteiger partial charge in [-0.25, -0.2) is 14.6 Å². The lowest BCUT2D eigenvalue weighted by molar-refractivity contribution is -0.125. The van der Waals surface area contributed by atoms with Crippen molar-refractivity contribution in [1.82, 2.24) is 44.7 Å². The fourth-order valence-electron chi connectivity index (χ4n) is 6.27. The van der Waals surface area contributed by atoms with Gasteiger partial charge in [0, 0.05) is 43.0 Å². The minimum Gasteiger partial charge on any atom is -0.415 e. The Labute approximate surface area is 248 Å². The molecule has 2 fully saturated rings. The number of hydrogen-bond acceptors (Lipinski definition) is 10. The van der Waals surface area contributed by atoms with Gasteiger partial charge in [-0.05, 0) is 63.0 Å². The molecule has 5 aromatic rings. The van der Waals surface area contributed by atoms with E-state index in [0.29, 0.717) is 35.1 Å². The third-order valence-electron chi connectivity index (χ3n) is 8.35. The lowest BCUT2D eigenvalue weighted by atomic mass is 10.0. The summed E-state index contributed by atoms with van der Waals surface area (Å²) in [5.74, 6) is 2.13. The maximum Gasteiger partial charge on any atom is 0.266 e. The summed E-state index contributed by atoms with van der Waals surface area (Å²) in [7, 11) is 3.98. The van der Waals surface area contributed by atoms with Crippen molar-refractivity contribution in [2.45, 2.75) is 18.9 Å². The monoisotopic (exact) mass is 576 g/mol. The van der Waals surface area contributed by atoms with Crippen LogP contribution in [0.5, 0.6) is 0 Å². The Morgan fingerprint density at radius 3 is 2.47 bits per heavy atom. The van der Waals surface area contributed by atoms with E-state index in [2.05, 4.69) is 25.1 Å². The van der Waals surface area contributed by atoms with Crippen LogP contribution in [0.15, 0.2) is 71.6 Å². The molecule has 2 atom stereocenters. The first-order valence-corrected chi connectivity index (χ1v) is 14.4. The second-order valence-electron chi connectivity index (χ2n) is 11.5. The number of rotatable bonds is 7. The summed E-state index contributed by atoms with van der Waals surface area (Å²) in [4.78, 5) is 29.9. The molecule has 0 bridgehead atoms. The van der Waals surface area contributed by atoms with E-state index in [1.165, 1.54) is 6.33 Å². The summed E-state index contributed by atoms with van der Waals surface area (Å²) in [6, 6.07) is 13.5. The second kappa shape index (κ2) is 11.0. The predicted molar refractivity (Wildman–Crippen MR) is 161 cm³/mol. The van der Waals surface area contributed by atoms with Gasteiger partial charge in [0.05, 0.1) is 11.4 Å². The standard InChI is InChI=1S/C31H32N10O2/c1-39(2)13-5-7-25(42)40-16-21-14-23(15-22(21)17-40)41-29-26(28(32)34-18-35-29)27(38-41)19-8-10-20(11-9-19)30-36-37-31(43-30)24-6-3-4-12-33-24/h3-12,18,21-23H,13-17H2,1-2H3,(H2,32,34,35)/b7-5+. The Balaban J connectivity index is 1.11. The Hall–Kier alpha value is -4.97. The molecular weight excluding hydrogens is 544 g/mol. The lowest BCUT2D eigenvalue weighted by Gasteiger charge is -2.18. The summed E-state index contributed by atoms with van der Waals surface area (Å²) in [6.45, 7) is 2.30. The first-order chi connectivity index (χ1) is 20.9. The second-order valence-corrected chi connectivity index (χ2v) is 11.5. The van der Waals surface area contributed by atoms with Crippen molar-refractivity contribution < 1.29 is 9.21 Å². The number of fused-ring (bicyclic) bond motifs is 2. The third-order valence-corrected chi connectivity index (χ3v) is 8.35. The average molecular weight is 577 g/mol. The number of carbonyl (C=O) groups excluding carboxylic acids is 1. The van der Waals surface area contributed by atoms with Crippen LogP contribution in [-0.2, 0) is 4.79 Å². The van der Waals surface area contributed by atoms with E-state index in [0.717, 1.165) is 60.3 Å². The van der Waals surface area contributed by atoms with Crippen LogP contribution in [0.3, 0.4) is 0 Å². The van der Waals surface area contributed by atoms with Crippen LogP contribution in [-0.4, -0.2) is 84.4 Å². The fraction of sp³-hybridized carbons (Fsp3) is 0.323. The van der Waals surface area contributed by atoms with Gasteiger partial charge in [0.1, 0.15) is 23.5 Å². The van der Waals surface area contributed by atoms with Gasteiger partial charge in [-0.1, -0.05) is 24.3 Å². The molecule has 1 saturated carbocycles. The van der Waals surface area contributed by atoms with E-state index in [1.54, 1.807) is 12.3 Å². The van der Waals surface area contributed by atoms with Gasteiger partial charge in [-0.2, -0.15) is 5.10 Å². The normalized spacial score (nSPS) is 20.1. The Morgan fingerprint density at radius 1 is 1.00 bits per heavy atom. The first kappa shape index (κ1) is 26.9. The zero-order valence-electron chi connectivity index (χ0n) is 24.0. The largest absolute Gasteiger partial charge is 0.415 e. The van der Waals surface area contributed by atoms with E-state index in [4.69, 9.17) is 15.2 Å². The number of carbonyl (C=O) groups is 1. The molecule has 2 N–H and O–H groups in total. The molecule has 2 unspecified atom stereocenters. The number of nitrogen functional groups attached to an aromatic ring is 1. The van der Waals surface area contributed by atoms with Gasteiger partial charge in [-0.15, -0.1) is 10.2 Å². The third kappa shape index (κ3) is 5.14. The SMILES string of the molecule is CN(C)C/C=C/C(=O)N1CC2CC(n3nc(-c4ccc(-c5nnc(-c6ccccn6)o5)cc4)c4c(N)ncnc43)CC2C1. The minimum atomic E-state index is 0.0945. The molecule has 1 aliphatic carbocycles. The van der Waals surface area contributed by atoms with Crippen LogP contribution in [0.25, 0.3) is 45.3 Å². The predicted octanol–water partition coefficient (Wildman–Crippen LogP) is 3.71. The molecule has 1 aromatic carbocycles. The molecule has 1 saturated heterocycles. The molecule has 218 valence electrons. The molecule has 2 aliphatic rings. The lowest BCUT2D eigenvalue weighted by Crippen LogP contribution is -2.28. The molecule has 12 nitrogen and oxygen atoms in total. The summed E-state index contributed by atoms with van der Waals surface area (Å²) < 4.78 is 7.90. The van der Waals surface area contributed by atoms with E-state index < -0.39 is 0 Å². The highest BCUT2D eigenvalue weighted by Gasteiger charge is 2.43. The van der Waals surface area contributed by atoms with Crippen molar-refractivity contribution >= 4 is 22.8 Å². The van der Waals surface area contributed by atoms with E-state index in [1.807, 2.05) is 77.1 Å². The Kier molecular flexibility index (Phi) is 6.90. The number of nitrogens with two attached hydrogens (primary N) is 1. The molecule has 0 radical (unpaired) electrons. The quantitative estimate of drug-likeness (QED) is 0.285. The van der Waals surface area contributed by atoms with Gasteiger partial charge in [0.2, 0.25) is 11.8 Å². The van der Waals surface area contributed by atoms with Crippen molar-refractivity contribution in [3.05, 3.63) is 67.1 Å². The molecule has 1 amide bonds. The van der Waals surface area contributed by atoms with Crippen LogP contribution in [0.1, 0.15) is 18.9 Å². The molecule has 43 heavy (non-hydrogen) atoms. The number of nitrogens with zero attached hydrogens (tertiary/aromatic N) is 9. The highest BCUT2D eigenvalue weighted by atomic mass is 16.4. The van der Waals surface area contributed by atoms with E-state index in [9.17, 15) is 4.79 Å². The fourth-order valence-corrected chi connectivity index (χ4v) is 6.27. The average Bonchev–Trinajstić information content (AvgIpc) is 3.80. The molecule has 1 aliphatic heterocycles. The Morgan fingerprint density at radius 2 is 1.74 bits per heavy atom. The molecule has 12 heteroatoms. The van der Waals surface area contributed by atoms with Gasteiger partial charge >= 0.3 is 0 Å². The highest BCUT2D eigenvalue weighted by Crippen LogP contribution is 2.45. The van der Waals surface area contributed by atoms with Gasteiger partial charge in [-0.3, -0.25) is 9.78 Å². The van der Waals surface area contributed by atoms with Gasteiger partial charge in [0.25, 0.3) is 5.89 Å². The van der Waals surface area contributed by atoms with Crippen LogP contribution in [0.4, 0.5) is 5.82 Å². The smallest absolute Gasteiger partial charge is 0.266 e. The summed E-state index contributed by atoms with van der Waals surface area (Å²) >= 11 is 0. The van der Waals surface area contributed by atoms with Gasteiger partial charge in [0.15, 0.2) is 5.65 Å². The molecule has 7 rings (SSSR count). The van der Waals surface area contributed by atoms with E-state index in [-0.39, 0.29) is 11.9 Å². The van der Waals surface area contributed by atoms with Gasteiger partial charge < -0.3 is 20.0 Å². The molecule has 5 heterocycles. The van der Waals surface area contributed by atoms with E-state index >= 15 is 0 Å². The number of likely N-dealkylation sites (N-methyl/N-ethyl adjacent to an activating group) is 1. The maximum atomic E-state index is 12.7. The van der Waals surface area contributed by atoms with Crippen LogP contribution in [0.2, 0.25) is 0 Å².